The highest BCUT2D eigenvalue weighted by molar-refractivity contribution is 5.97. The lowest BCUT2D eigenvalue weighted by Crippen LogP contribution is -2.48. The summed E-state index contributed by atoms with van der Waals surface area (Å²) >= 11 is 0. The van der Waals surface area contributed by atoms with Crippen molar-refractivity contribution < 1.29 is 4.79 Å². The molecule has 0 spiro atoms. The Morgan fingerprint density at radius 3 is 2.54 bits per heavy atom. The standard InChI is InChI=1S/C29H31N5O/c1-18-13-24(21-7-8-21)25(28-31-26-9-11-33(2)12-10-27(26)32-28)14-23(18)29(35)34-16-22(17-34)20-5-3-19(15-30)4-6-20/h3-6,13-14,21-22H,7-12,16-17H2,1-2H3,(H,31,32). The van der Waals surface area contributed by atoms with Gasteiger partial charge in [-0.1, -0.05) is 18.2 Å². The van der Waals surface area contributed by atoms with Crippen LogP contribution in [0.25, 0.3) is 11.4 Å². The van der Waals surface area contributed by atoms with E-state index in [9.17, 15) is 4.79 Å². The molecule has 1 N–H and O–H groups in total. The number of hydrogen-bond acceptors (Lipinski definition) is 4. The second-order valence-electron chi connectivity index (χ2n) is 10.5. The van der Waals surface area contributed by atoms with Crippen LogP contribution in [-0.2, 0) is 12.8 Å². The van der Waals surface area contributed by atoms with Crippen LogP contribution < -0.4 is 0 Å². The third-order valence-electron chi connectivity index (χ3n) is 7.92. The van der Waals surface area contributed by atoms with Crippen LogP contribution in [-0.4, -0.2) is 58.9 Å². The minimum Gasteiger partial charge on any atom is -0.342 e. The Kier molecular flexibility index (Phi) is 5.46. The van der Waals surface area contributed by atoms with Crippen LogP contribution in [0.4, 0.5) is 0 Å². The molecule has 3 aromatic rings. The number of aromatic amines is 1. The summed E-state index contributed by atoms with van der Waals surface area (Å²) in [6.45, 7) is 5.56. The van der Waals surface area contributed by atoms with E-state index in [2.05, 4.69) is 42.1 Å². The Balaban J connectivity index is 1.26. The molecule has 6 heteroatoms. The number of imidazole rings is 1. The maximum atomic E-state index is 13.5. The van der Waals surface area contributed by atoms with Crippen LogP contribution in [0.2, 0.25) is 0 Å². The van der Waals surface area contributed by atoms with Crippen molar-refractivity contribution >= 4 is 5.91 Å². The molecule has 2 aliphatic heterocycles. The van der Waals surface area contributed by atoms with E-state index in [1.807, 2.05) is 29.2 Å². The Bertz CT molecular complexity index is 1300. The topological polar surface area (TPSA) is 76.0 Å². The fourth-order valence-corrected chi connectivity index (χ4v) is 5.45. The number of amides is 1. The maximum absolute atomic E-state index is 13.5. The molecule has 6 rings (SSSR count). The quantitative estimate of drug-likeness (QED) is 0.620. The van der Waals surface area contributed by atoms with Crippen LogP contribution in [0.1, 0.15) is 68.7 Å². The highest BCUT2D eigenvalue weighted by atomic mass is 16.2. The minimum atomic E-state index is 0.103. The predicted octanol–water partition coefficient (Wildman–Crippen LogP) is 4.40. The van der Waals surface area contributed by atoms with Crippen molar-refractivity contribution in [1.29, 1.82) is 5.26 Å². The molecule has 1 aromatic heterocycles. The fourth-order valence-electron chi connectivity index (χ4n) is 5.45. The van der Waals surface area contributed by atoms with Crippen LogP contribution >= 0.6 is 0 Å². The Morgan fingerprint density at radius 1 is 1.09 bits per heavy atom. The van der Waals surface area contributed by atoms with Gasteiger partial charge in [0.1, 0.15) is 5.82 Å². The minimum absolute atomic E-state index is 0.103. The van der Waals surface area contributed by atoms with Crippen LogP contribution in [0.5, 0.6) is 0 Å². The number of rotatable bonds is 4. The highest BCUT2D eigenvalue weighted by Gasteiger charge is 2.34. The molecule has 1 saturated carbocycles. The molecule has 178 valence electrons. The van der Waals surface area contributed by atoms with Gasteiger partial charge in [-0.15, -0.1) is 0 Å². The van der Waals surface area contributed by atoms with E-state index >= 15 is 0 Å². The van der Waals surface area contributed by atoms with Gasteiger partial charge in [0, 0.05) is 61.8 Å². The van der Waals surface area contributed by atoms with Crippen LogP contribution in [0.3, 0.4) is 0 Å². The summed E-state index contributed by atoms with van der Waals surface area (Å²) in [4.78, 5) is 26.5. The third-order valence-corrected chi connectivity index (χ3v) is 7.92. The lowest BCUT2D eigenvalue weighted by Gasteiger charge is -2.40. The average Bonchev–Trinajstić information content (AvgIpc) is 3.63. The Morgan fingerprint density at radius 2 is 1.83 bits per heavy atom. The zero-order valence-electron chi connectivity index (χ0n) is 20.5. The van der Waals surface area contributed by atoms with E-state index in [0.29, 0.717) is 30.5 Å². The highest BCUT2D eigenvalue weighted by Crippen LogP contribution is 2.45. The van der Waals surface area contributed by atoms with Gasteiger partial charge in [-0.25, -0.2) is 4.98 Å². The van der Waals surface area contributed by atoms with Gasteiger partial charge in [0.2, 0.25) is 0 Å². The number of fused-ring (bicyclic) bond motifs is 1. The predicted molar refractivity (Wildman–Crippen MR) is 135 cm³/mol. The molecule has 0 unspecified atom stereocenters. The normalized spacial score (nSPS) is 18.5. The van der Waals surface area contributed by atoms with E-state index in [1.54, 1.807) is 0 Å². The zero-order chi connectivity index (χ0) is 24.1. The molecule has 1 aliphatic carbocycles. The molecule has 0 atom stereocenters. The molecule has 1 amide bonds. The van der Waals surface area contributed by atoms with Crippen molar-refractivity contribution in [2.24, 2.45) is 0 Å². The van der Waals surface area contributed by atoms with E-state index in [0.717, 1.165) is 48.4 Å². The fraction of sp³-hybridized carbons (Fsp3) is 0.414. The number of carbonyl (C=O) groups excluding carboxylic acids is 1. The number of benzene rings is 2. The first-order valence-corrected chi connectivity index (χ1v) is 12.7. The molecule has 3 heterocycles. The summed E-state index contributed by atoms with van der Waals surface area (Å²) < 4.78 is 0. The van der Waals surface area contributed by atoms with Gasteiger partial charge in [0.25, 0.3) is 5.91 Å². The van der Waals surface area contributed by atoms with Gasteiger partial charge in [0.15, 0.2) is 0 Å². The van der Waals surface area contributed by atoms with Crippen molar-refractivity contribution in [2.45, 2.75) is 44.4 Å². The number of nitrogens with one attached hydrogen (secondary N) is 1. The van der Waals surface area contributed by atoms with E-state index in [1.165, 1.54) is 35.4 Å². The number of aryl methyl sites for hydroxylation is 1. The number of likely N-dealkylation sites (tertiary alicyclic amines) is 1. The molecule has 35 heavy (non-hydrogen) atoms. The van der Waals surface area contributed by atoms with Crippen molar-refractivity contribution in [3.8, 4) is 17.5 Å². The van der Waals surface area contributed by atoms with Gasteiger partial charge in [-0.3, -0.25) is 4.79 Å². The first-order chi connectivity index (χ1) is 17.0. The first-order valence-electron chi connectivity index (χ1n) is 12.7. The summed E-state index contributed by atoms with van der Waals surface area (Å²) in [5.74, 6) is 1.94. The number of nitrogens with zero attached hydrogens (tertiary/aromatic N) is 4. The lowest BCUT2D eigenvalue weighted by molar-refractivity contribution is 0.0601. The second-order valence-corrected chi connectivity index (χ2v) is 10.5. The second kappa shape index (κ2) is 8.66. The largest absolute Gasteiger partial charge is 0.342 e. The third kappa shape index (κ3) is 4.15. The molecule has 1 saturated heterocycles. The molecule has 6 nitrogen and oxygen atoms in total. The van der Waals surface area contributed by atoms with Crippen molar-refractivity contribution in [3.63, 3.8) is 0 Å². The van der Waals surface area contributed by atoms with E-state index in [4.69, 9.17) is 10.2 Å². The summed E-state index contributed by atoms with van der Waals surface area (Å²) in [5, 5.41) is 9.03. The maximum Gasteiger partial charge on any atom is 0.254 e. The number of hydrogen-bond donors (Lipinski definition) is 1. The molecule has 2 aromatic carbocycles. The van der Waals surface area contributed by atoms with Gasteiger partial charge in [0.05, 0.1) is 17.3 Å². The van der Waals surface area contributed by atoms with Gasteiger partial charge < -0.3 is 14.8 Å². The van der Waals surface area contributed by atoms with Crippen LogP contribution in [0, 0.1) is 18.3 Å². The average molecular weight is 466 g/mol. The van der Waals surface area contributed by atoms with E-state index < -0.39 is 0 Å². The monoisotopic (exact) mass is 465 g/mol. The summed E-state index contributed by atoms with van der Waals surface area (Å²) in [6.07, 6.45) is 4.37. The summed E-state index contributed by atoms with van der Waals surface area (Å²) in [7, 11) is 2.16. The number of aromatic nitrogens is 2. The SMILES string of the molecule is Cc1cc(C2CC2)c(-c2nc3c([nH]2)CCN(C)CC3)cc1C(=O)N1CC(c2ccc(C#N)cc2)C1. The molecule has 2 fully saturated rings. The number of carbonyl (C=O) groups is 1. The van der Waals surface area contributed by atoms with Gasteiger partial charge in [-0.05, 0) is 67.6 Å². The number of likely N-dealkylation sites (N-methyl/N-ethyl adjacent to an activating group) is 1. The number of H-pyrrole nitrogens is 1. The molecule has 3 aliphatic rings. The van der Waals surface area contributed by atoms with Crippen molar-refractivity contribution in [2.75, 3.05) is 33.2 Å². The Labute approximate surface area is 206 Å². The lowest BCUT2D eigenvalue weighted by atomic mass is 9.89. The van der Waals surface area contributed by atoms with Gasteiger partial charge >= 0.3 is 0 Å². The molecule has 0 radical (unpaired) electrons. The van der Waals surface area contributed by atoms with Crippen molar-refractivity contribution in [3.05, 3.63) is 75.6 Å². The van der Waals surface area contributed by atoms with E-state index in [-0.39, 0.29) is 5.91 Å². The smallest absolute Gasteiger partial charge is 0.254 e. The Hall–Kier alpha value is -3.43. The summed E-state index contributed by atoms with van der Waals surface area (Å²) in [6, 6.07) is 14.2. The number of nitriles is 1. The van der Waals surface area contributed by atoms with Crippen molar-refractivity contribution in [1.82, 2.24) is 19.8 Å². The molecular weight excluding hydrogens is 434 g/mol. The van der Waals surface area contributed by atoms with Crippen LogP contribution in [0.15, 0.2) is 36.4 Å². The summed E-state index contributed by atoms with van der Waals surface area (Å²) in [5.41, 5.74) is 8.55. The zero-order valence-corrected chi connectivity index (χ0v) is 20.5. The molecule has 0 bridgehead atoms. The molecular formula is C29H31N5O. The van der Waals surface area contributed by atoms with Gasteiger partial charge in [-0.2, -0.15) is 5.26 Å². The first kappa shape index (κ1) is 22.1.